The predicted octanol–water partition coefficient (Wildman–Crippen LogP) is 6.01. The number of thiazole rings is 1. The molecule has 0 bridgehead atoms. The quantitative estimate of drug-likeness (QED) is 0.408. The monoisotopic (exact) mass is 504 g/mol. The van der Waals surface area contributed by atoms with Crippen LogP contribution in [0, 0.1) is 0 Å². The van der Waals surface area contributed by atoms with E-state index < -0.39 is 11.7 Å². The number of nitrogens with one attached hydrogen (secondary N) is 1. The molecule has 0 aliphatic heterocycles. The number of alkyl halides is 3. The highest BCUT2D eigenvalue weighted by atomic mass is 32.1. The maximum Gasteiger partial charge on any atom is 0.416 e. The van der Waals surface area contributed by atoms with Crippen molar-refractivity contribution < 1.29 is 27.4 Å². The number of ether oxygens (including phenoxy) is 2. The first-order valence-electron chi connectivity index (χ1n) is 11.4. The number of nitrogens with zero attached hydrogens (tertiary/aromatic N) is 1. The number of carbonyl (C=O) groups is 1. The molecule has 0 radical (unpaired) electrons. The number of halogens is 3. The molecule has 2 aromatic carbocycles. The second kappa shape index (κ2) is 10.3. The molecule has 4 rings (SSSR count). The Kier molecular flexibility index (Phi) is 7.35. The fourth-order valence-corrected chi connectivity index (χ4v) is 5.46. The second-order valence-electron chi connectivity index (χ2n) is 8.74. The lowest BCUT2D eigenvalue weighted by atomic mass is 9.78. The zero-order valence-electron chi connectivity index (χ0n) is 19.6. The summed E-state index contributed by atoms with van der Waals surface area (Å²) >= 11 is 1.27. The van der Waals surface area contributed by atoms with Gasteiger partial charge < -0.3 is 14.8 Å². The standard InChI is InChI=1S/C26H27F3N2O3S/c1-33-21-9-8-18(14-22(21)34-2)25(10-3-4-11-25)16-30-24(32)20-15-35-23(31-20)13-17-6-5-7-19(12-17)26(27,28)29/h5-9,12,14-15H,3-4,10-11,13,16H2,1-2H3,(H,30,32). The van der Waals surface area contributed by atoms with Crippen molar-refractivity contribution in [3.8, 4) is 11.5 Å². The molecule has 1 saturated carbocycles. The summed E-state index contributed by atoms with van der Waals surface area (Å²) in [6.45, 7) is 0.460. The summed E-state index contributed by atoms with van der Waals surface area (Å²) in [7, 11) is 3.20. The summed E-state index contributed by atoms with van der Waals surface area (Å²) in [6.07, 6.45) is -0.128. The minimum absolute atomic E-state index is 0.202. The summed E-state index contributed by atoms with van der Waals surface area (Å²) in [4.78, 5) is 17.3. The van der Waals surface area contributed by atoms with Crippen LogP contribution in [0.1, 0.15) is 57.9 Å². The average Bonchev–Trinajstić information content (AvgIpc) is 3.52. The van der Waals surface area contributed by atoms with Crippen LogP contribution < -0.4 is 14.8 Å². The van der Waals surface area contributed by atoms with E-state index in [2.05, 4.69) is 10.3 Å². The van der Waals surface area contributed by atoms with Crippen LogP contribution in [0.2, 0.25) is 0 Å². The summed E-state index contributed by atoms with van der Waals surface area (Å²) in [5, 5.41) is 5.27. The zero-order valence-corrected chi connectivity index (χ0v) is 20.4. The number of aromatic nitrogens is 1. The fraction of sp³-hybridized carbons (Fsp3) is 0.385. The second-order valence-corrected chi connectivity index (χ2v) is 9.68. The molecular weight excluding hydrogens is 477 g/mol. The van der Waals surface area contributed by atoms with Gasteiger partial charge in [0.25, 0.3) is 5.91 Å². The van der Waals surface area contributed by atoms with Crippen LogP contribution in [0.25, 0.3) is 0 Å². The highest BCUT2D eigenvalue weighted by Crippen LogP contribution is 2.43. The third-order valence-corrected chi connectivity index (χ3v) is 7.39. The lowest BCUT2D eigenvalue weighted by Crippen LogP contribution is -2.39. The molecule has 0 unspecified atom stereocenters. The molecule has 1 heterocycles. The minimum Gasteiger partial charge on any atom is -0.493 e. The Morgan fingerprint density at radius 1 is 1.09 bits per heavy atom. The molecule has 1 aromatic heterocycles. The maximum absolute atomic E-state index is 13.0. The Hall–Kier alpha value is -3.07. The first kappa shape index (κ1) is 25.0. The summed E-state index contributed by atoms with van der Waals surface area (Å²) in [5.74, 6) is 1.02. The molecule has 1 fully saturated rings. The van der Waals surface area contributed by atoms with Gasteiger partial charge in [0, 0.05) is 23.8 Å². The van der Waals surface area contributed by atoms with Gasteiger partial charge in [0.1, 0.15) is 5.69 Å². The first-order chi connectivity index (χ1) is 16.7. The molecular formula is C26H27F3N2O3S. The normalized spacial score (nSPS) is 15.1. The van der Waals surface area contributed by atoms with Crippen LogP contribution in [-0.4, -0.2) is 31.7 Å². The topological polar surface area (TPSA) is 60.5 Å². The van der Waals surface area contributed by atoms with Gasteiger partial charge in [0.2, 0.25) is 0 Å². The summed E-state index contributed by atoms with van der Waals surface area (Å²) in [5.41, 5.74) is 0.974. The molecule has 1 aliphatic rings. The van der Waals surface area contributed by atoms with Crippen LogP contribution in [0.5, 0.6) is 11.5 Å². The number of methoxy groups -OCH3 is 2. The Balaban J connectivity index is 1.45. The van der Waals surface area contributed by atoms with E-state index in [9.17, 15) is 18.0 Å². The largest absolute Gasteiger partial charge is 0.493 e. The SMILES string of the molecule is COc1ccc(C2(CNC(=O)c3csc(Cc4cccc(C(F)(F)F)c4)n3)CCCC2)cc1OC. The third kappa shape index (κ3) is 5.61. The molecule has 1 aliphatic carbocycles. The third-order valence-electron chi connectivity index (χ3n) is 6.54. The van der Waals surface area contributed by atoms with Crippen LogP contribution in [0.4, 0.5) is 13.2 Å². The van der Waals surface area contributed by atoms with Gasteiger partial charge in [-0.2, -0.15) is 13.2 Å². The van der Waals surface area contributed by atoms with E-state index >= 15 is 0 Å². The smallest absolute Gasteiger partial charge is 0.416 e. The number of hydrogen-bond donors (Lipinski definition) is 1. The zero-order chi connectivity index (χ0) is 25.1. The van der Waals surface area contributed by atoms with Crippen molar-refractivity contribution in [2.45, 2.75) is 43.7 Å². The minimum atomic E-state index is -4.39. The predicted molar refractivity (Wildman–Crippen MR) is 128 cm³/mol. The van der Waals surface area contributed by atoms with Crippen molar-refractivity contribution in [1.82, 2.24) is 10.3 Å². The molecule has 9 heteroatoms. The fourth-order valence-electron chi connectivity index (χ4n) is 4.65. The lowest BCUT2D eigenvalue weighted by molar-refractivity contribution is -0.137. The van der Waals surface area contributed by atoms with Crippen LogP contribution in [0.15, 0.2) is 47.8 Å². The lowest BCUT2D eigenvalue weighted by Gasteiger charge is -2.30. The molecule has 1 amide bonds. The Labute approximate surface area is 206 Å². The van der Waals surface area contributed by atoms with E-state index in [-0.39, 0.29) is 23.4 Å². The van der Waals surface area contributed by atoms with Gasteiger partial charge in [-0.15, -0.1) is 11.3 Å². The molecule has 3 aromatic rings. The van der Waals surface area contributed by atoms with Gasteiger partial charge in [0.15, 0.2) is 11.5 Å². The van der Waals surface area contributed by atoms with Crippen molar-refractivity contribution in [2.24, 2.45) is 0 Å². The number of rotatable bonds is 8. The van der Waals surface area contributed by atoms with Crippen molar-refractivity contribution in [3.05, 3.63) is 75.2 Å². The van der Waals surface area contributed by atoms with E-state index in [0.717, 1.165) is 43.4 Å². The number of amides is 1. The van der Waals surface area contributed by atoms with E-state index in [4.69, 9.17) is 9.47 Å². The van der Waals surface area contributed by atoms with Gasteiger partial charge in [-0.3, -0.25) is 4.79 Å². The van der Waals surface area contributed by atoms with E-state index in [0.29, 0.717) is 28.6 Å². The van der Waals surface area contributed by atoms with E-state index in [1.54, 1.807) is 25.7 Å². The molecule has 0 saturated heterocycles. The Bertz CT molecular complexity index is 1190. The van der Waals surface area contributed by atoms with Crippen LogP contribution >= 0.6 is 11.3 Å². The van der Waals surface area contributed by atoms with Gasteiger partial charge in [0.05, 0.1) is 24.8 Å². The van der Waals surface area contributed by atoms with E-state index in [1.807, 2.05) is 18.2 Å². The van der Waals surface area contributed by atoms with Gasteiger partial charge in [-0.1, -0.05) is 37.1 Å². The number of benzene rings is 2. The van der Waals surface area contributed by atoms with E-state index in [1.165, 1.54) is 17.4 Å². The Morgan fingerprint density at radius 2 is 1.83 bits per heavy atom. The van der Waals surface area contributed by atoms with Gasteiger partial charge >= 0.3 is 6.18 Å². The molecule has 35 heavy (non-hydrogen) atoms. The molecule has 0 spiro atoms. The van der Waals surface area contributed by atoms with Crippen LogP contribution in [0.3, 0.4) is 0 Å². The van der Waals surface area contributed by atoms with Gasteiger partial charge in [-0.05, 0) is 42.2 Å². The maximum atomic E-state index is 13.0. The Morgan fingerprint density at radius 3 is 2.51 bits per heavy atom. The van der Waals surface area contributed by atoms with Crippen molar-refractivity contribution in [2.75, 3.05) is 20.8 Å². The van der Waals surface area contributed by atoms with Gasteiger partial charge in [-0.25, -0.2) is 4.98 Å². The summed E-state index contributed by atoms with van der Waals surface area (Å²) < 4.78 is 49.8. The van der Waals surface area contributed by atoms with Crippen LogP contribution in [-0.2, 0) is 18.0 Å². The van der Waals surface area contributed by atoms with Crippen molar-refractivity contribution >= 4 is 17.2 Å². The molecule has 1 N–H and O–H groups in total. The highest BCUT2D eigenvalue weighted by molar-refractivity contribution is 7.09. The number of hydrogen-bond acceptors (Lipinski definition) is 5. The average molecular weight is 505 g/mol. The molecule has 186 valence electrons. The number of carbonyl (C=O) groups excluding carboxylic acids is 1. The first-order valence-corrected chi connectivity index (χ1v) is 12.2. The van der Waals surface area contributed by atoms with Crippen molar-refractivity contribution in [1.29, 1.82) is 0 Å². The highest BCUT2D eigenvalue weighted by Gasteiger charge is 2.37. The van der Waals surface area contributed by atoms with Crippen molar-refractivity contribution in [3.63, 3.8) is 0 Å². The molecule has 5 nitrogen and oxygen atoms in total. The molecule has 0 atom stereocenters. The summed E-state index contributed by atoms with van der Waals surface area (Å²) in [6, 6.07) is 11.1.